The van der Waals surface area contributed by atoms with Crippen molar-refractivity contribution >= 4 is 73.4 Å². The van der Waals surface area contributed by atoms with E-state index in [1.165, 1.54) is 83.2 Å². The Hall–Kier alpha value is -4.04. The maximum absolute atomic E-state index is 7.23. The molecule has 7 aromatic rings. The van der Waals surface area contributed by atoms with Crippen LogP contribution in [0.2, 0.25) is 0 Å². The molecule has 7 rings (SSSR count). The molecule has 0 heterocycles. The molecule has 0 amide bonds. The molecule has 7 aromatic carbocycles. The first-order valence-corrected chi connectivity index (χ1v) is 33.4. The van der Waals surface area contributed by atoms with Crippen LogP contribution < -0.4 is 41.3 Å². The minimum absolute atomic E-state index is 0.657. The van der Waals surface area contributed by atoms with Gasteiger partial charge in [0.25, 0.3) is 0 Å². The van der Waals surface area contributed by atoms with Crippen molar-refractivity contribution < 1.29 is 9.47 Å². The van der Waals surface area contributed by atoms with Crippen LogP contribution in [0.5, 0.6) is 11.5 Å². The van der Waals surface area contributed by atoms with Crippen LogP contribution in [0.1, 0.15) is 102 Å². The predicted octanol–water partition coefficient (Wildman–Crippen LogP) is 15.8. The van der Waals surface area contributed by atoms with E-state index in [1.54, 1.807) is 0 Å². The van der Waals surface area contributed by atoms with Crippen LogP contribution in [0.3, 0.4) is 0 Å². The normalized spacial score (nSPS) is 13.0. The molecular formula is C60H70Br2O2P2. The van der Waals surface area contributed by atoms with Crippen molar-refractivity contribution in [2.45, 2.75) is 103 Å². The summed E-state index contributed by atoms with van der Waals surface area (Å²) in [6, 6.07) is 71.7. The first kappa shape index (κ1) is 49.9. The van der Waals surface area contributed by atoms with E-state index in [4.69, 9.17) is 40.5 Å². The van der Waals surface area contributed by atoms with Crippen LogP contribution >= 0.6 is 41.6 Å². The quantitative estimate of drug-likeness (QED) is 0.0397. The van der Waals surface area contributed by atoms with Gasteiger partial charge in [-0.15, -0.1) is 0 Å². The summed E-state index contributed by atoms with van der Waals surface area (Å²) in [6.45, 7) is 5.88. The van der Waals surface area contributed by atoms with E-state index in [2.05, 4.69) is 208 Å². The summed E-state index contributed by atoms with van der Waals surface area (Å²) in [5, 5.41) is 0.801. The zero-order chi connectivity index (χ0) is 46.0. The maximum atomic E-state index is 7.23. The third-order valence-corrected chi connectivity index (χ3v) is 32.5. The van der Waals surface area contributed by atoms with Gasteiger partial charge in [0.05, 0.1) is 0 Å². The second-order valence-corrected chi connectivity index (χ2v) is 35.9. The van der Waals surface area contributed by atoms with Crippen LogP contribution in [0.15, 0.2) is 194 Å². The Bertz CT molecular complexity index is 2130. The topological polar surface area (TPSA) is 18.5 Å². The van der Waals surface area contributed by atoms with E-state index in [9.17, 15) is 0 Å². The van der Waals surface area contributed by atoms with E-state index in [0.29, 0.717) is 25.5 Å². The van der Waals surface area contributed by atoms with Crippen molar-refractivity contribution in [3.8, 4) is 11.5 Å². The van der Waals surface area contributed by atoms with Gasteiger partial charge in [-0.25, -0.2) is 0 Å². The van der Waals surface area contributed by atoms with E-state index in [0.717, 1.165) is 48.3 Å². The summed E-state index contributed by atoms with van der Waals surface area (Å²) in [5.74, 6) is 1.88. The molecule has 6 heteroatoms. The van der Waals surface area contributed by atoms with Crippen molar-refractivity contribution in [1.82, 2.24) is 0 Å². The molecule has 0 unspecified atom stereocenters. The molecule has 0 saturated carbocycles. The summed E-state index contributed by atoms with van der Waals surface area (Å²) < 4.78 is 14.5. The molecule has 0 aliphatic rings. The van der Waals surface area contributed by atoms with E-state index in [1.807, 2.05) is 0 Å². The number of hydrogen-bond donors (Lipinski definition) is 0. The first-order chi connectivity index (χ1) is 32.3. The summed E-state index contributed by atoms with van der Waals surface area (Å²) in [4.78, 5) is 0. The molecule has 0 spiro atoms. The Kier molecular flexibility index (Phi) is 18.0. The second kappa shape index (κ2) is 23.8. The fourth-order valence-corrected chi connectivity index (χ4v) is 25.1. The van der Waals surface area contributed by atoms with Crippen LogP contribution in [0.25, 0.3) is 0 Å². The van der Waals surface area contributed by atoms with E-state index in [-0.39, 0.29) is 0 Å². The minimum atomic E-state index is -3.44. The molecule has 66 heavy (non-hydrogen) atoms. The third-order valence-electron chi connectivity index (χ3n) is 13.5. The van der Waals surface area contributed by atoms with Gasteiger partial charge in [-0.1, -0.05) is 0 Å². The van der Waals surface area contributed by atoms with Crippen molar-refractivity contribution in [3.63, 3.8) is 0 Å². The Morgan fingerprint density at radius 3 is 0.788 bits per heavy atom. The second-order valence-electron chi connectivity index (χ2n) is 18.0. The number of benzene rings is 7. The van der Waals surface area contributed by atoms with Gasteiger partial charge in [-0.2, -0.15) is 0 Å². The molecule has 0 saturated heterocycles. The fraction of sp³-hybridized carbons (Fsp3) is 0.300. The van der Waals surface area contributed by atoms with Crippen molar-refractivity contribution in [2.24, 2.45) is 0 Å². The number of unbranched alkanes of at least 4 members (excludes halogenated alkanes) is 10. The Morgan fingerprint density at radius 2 is 0.545 bits per heavy atom. The molecule has 0 aliphatic heterocycles. The summed E-state index contributed by atoms with van der Waals surface area (Å²) in [7, 11) is 0. The standard InChI is InChI=1S/C60H70Br2O2P2/c1-3-5-7-9-11-31-45-63-59-47-52(50-66(62,56-39-25-16-26-40-56,57-41-27-17-28-42-57)58-43-29-18-30-44-58)60(64-46-32-12-10-8-6-4-2)48-51(59)49-65(61,53-33-19-13-20-34-53,54-35-21-14-22-36-54)55-37-23-15-24-38-55/h13-30,33-44,47-48H,3-12,31-32,45-46,49-50H2,1-2H3. The van der Waals surface area contributed by atoms with Crippen molar-refractivity contribution in [3.05, 3.63) is 205 Å². The van der Waals surface area contributed by atoms with Crippen LogP contribution in [-0.4, -0.2) is 13.2 Å². The zero-order valence-corrected chi connectivity index (χ0v) is 44.2. The molecule has 0 aromatic heterocycles. The van der Waals surface area contributed by atoms with Crippen molar-refractivity contribution in [2.75, 3.05) is 13.2 Å². The molecule has 0 atom stereocenters. The van der Waals surface area contributed by atoms with E-state index >= 15 is 0 Å². The summed E-state index contributed by atoms with van der Waals surface area (Å²) >= 11 is 9.65. The SMILES string of the molecule is CCCCCCCCOc1cc(CP(Br)(c2ccccc2)(c2ccccc2)c2ccccc2)c(OCCCCCCCC)cc1CP(Br)(c1ccccc1)(c1ccccc1)c1ccccc1. The van der Waals surface area contributed by atoms with Crippen LogP contribution in [0.4, 0.5) is 0 Å². The molecule has 0 N–H and O–H groups in total. The first-order valence-electron chi connectivity index (χ1n) is 24.5. The molecular weight excluding hydrogens is 974 g/mol. The number of hydrogen-bond acceptors (Lipinski definition) is 2. The third kappa shape index (κ3) is 11.0. The molecule has 0 bridgehead atoms. The Balaban J connectivity index is 1.47. The van der Waals surface area contributed by atoms with Crippen LogP contribution in [-0.2, 0) is 12.3 Å². The average Bonchev–Trinajstić information content (AvgIpc) is 3.38. The van der Waals surface area contributed by atoms with E-state index < -0.39 is 10.6 Å². The van der Waals surface area contributed by atoms with Gasteiger partial charge >= 0.3 is 416 Å². The summed E-state index contributed by atoms with van der Waals surface area (Å²) in [5.41, 5.74) is 2.31. The molecule has 0 fully saturated rings. The Labute approximate surface area is 413 Å². The van der Waals surface area contributed by atoms with Gasteiger partial charge in [0, 0.05) is 0 Å². The molecule has 0 radical (unpaired) electrons. The number of ether oxygens (including phenoxy) is 2. The number of halogens is 2. The molecule has 0 aliphatic carbocycles. The molecule has 2 nitrogen and oxygen atoms in total. The fourth-order valence-electron chi connectivity index (χ4n) is 9.80. The van der Waals surface area contributed by atoms with Crippen LogP contribution in [0, 0.1) is 0 Å². The average molecular weight is 1040 g/mol. The van der Waals surface area contributed by atoms with Gasteiger partial charge in [0.1, 0.15) is 0 Å². The predicted molar refractivity (Wildman–Crippen MR) is 300 cm³/mol. The monoisotopic (exact) mass is 1040 g/mol. The van der Waals surface area contributed by atoms with Gasteiger partial charge in [-0.05, 0) is 0 Å². The van der Waals surface area contributed by atoms with Gasteiger partial charge in [0.15, 0.2) is 0 Å². The summed E-state index contributed by atoms with van der Waals surface area (Å²) in [6.07, 6.45) is 15.8. The Morgan fingerprint density at radius 1 is 0.318 bits per heavy atom. The zero-order valence-electron chi connectivity index (χ0n) is 39.3. The van der Waals surface area contributed by atoms with Gasteiger partial charge in [0.2, 0.25) is 0 Å². The van der Waals surface area contributed by atoms with Gasteiger partial charge in [-0.3, -0.25) is 0 Å². The van der Waals surface area contributed by atoms with Crippen molar-refractivity contribution in [1.29, 1.82) is 0 Å². The molecule has 346 valence electrons. The van der Waals surface area contributed by atoms with Gasteiger partial charge < -0.3 is 0 Å². The number of rotatable bonds is 26.